The van der Waals surface area contributed by atoms with E-state index in [-0.39, 0.29) is 16.3 Å². The molecule has 2 aromatic carbocycles. The first-order chi connectivity index (χ1) is 9.93. The molecule has 2 aromatic rings. The van der Waals surface area contributed by atoms with Crippen LogP contribution in [-0.4, -0.2) is 12.9 Å². The van der Waals surface area contributed by atoms with Gasteiger partial charge in [-0.2, -0.15) is 0 Å². The van der Waals surface area contributed by atoms with Gasteiger partial charge in [0, 0.05) is 29.1 Å². The van der Waals surface area contributed by atoms with Gasteiger partial charge in [0.1, 0.15) is 23.2 Å². The minimum Gasteiger partial charge on any atom is -0.497 e. The lowest BCUT2D eigenvalue weighted by Gasteiger charge is -2.08. The number of benzene rings is 2. The highest BCUT2D eigenvalue weighted by molar-refractivity contribution is 6.31. The first-order valence-corrected chi connectivity index (χ1v) is 6.31. The molecule has 0 aliphatic rings. The van der Waals surface area contributed by atoms with Crippen LogP contribution in [-0.2, 0) is 6.42 Å². The van der Waals surface area contributed by atoms with Gasteiger partial charge in [-0.15, -0.1) is 0 Å². The quantitative estimate of drug-likeness (QED) is 0.791. The lowest BCUT2D eigenvalue weighted by molar-refractivity contribution is 0.0983. The van der Waals surface area contributed by atoms with E-state index >= 15 is 0 Å². The van der Waals surface area contributed by atoms with Crippen LogP contribution in [0.25, 0.3) is 0 Å². The van der Waals surface area contributed by atoms with Gasteiger partial charge in [0.2, 0.25) is 0 Å². The highest BCUT2D eigenvalue weighted by Gasteiger charge is 2.21. The molecule has 0 aromatic heterocycles. The molecule has 2 rings (SSSR count). The average Bonchev–Trinajstić information content (AvgIpc) is 2.42. The SMILES string of the molecule is COc1cc(F)c(C(=O)Cc2c(F)cccc2Cl)c(F)c1. The van der Waals surface area contributed by atoms with Gasteiger partial charge >= 0.3 is 0 Å². The Morgan fingerprint density at radius 1 is 1.14 bits per heavy atom. The van der Waals surface area contributed by atoms with Gasteiger partial charge in [-0.25, -0.2) is 13.2 Å². The predicted molar refractivity (Wildman–Crippen MR) is 72.4 cm³/mol. The molecule has 0 radical (unpaired) electrons. The summed E-state index contributed by atoms with van der Waals surface area (Å²) in [4.78, 5) is 12.0. The van der Waals surface area contributed by atoms with Crippen LogP contribution in [0.2, 0.25) is 5.02 Å². The summed E-state index contributed by atoms with van der Waals surface area (Å²) in [5.74, 6) is -3.79. The maximum atomic E-state index is 13.8. The summed E-state index contributed by atoms with van der Waals surface area (Å²) in [6.07, 6.45) is -0.536. The fourth-order valence-electron chi connectivity index (χ4n) is 1.88. The van der Waals surface area contributed by atoms with Crippen LogP contribution in [0.5, 0.6) is 5.75 Å². The van der Waals surface area contributed by atoms with Crippen LogP contribution in [0.15, 0.2) is 30.3 Å². The number of methoxy groups -OCH3 is 1. The standard InChI is InChI=1S/C15H10ClF3O2/c1-21-8-5-12(18)15(13(19)6-8)14(20)7-9-10(16)3-2-4-11(9)17/h2-6H,7H2,1H3. The Labute approximate surface area is 124 Å². The van der Waals surface area contributed by atoms with Gasteiger partial charge in [-0.05, 0) is 12.1 Å². The van der Waals surface area contributed by atoms with E-state index in [2.05, 4.69) is 0 Å². The van der Waals surface area contributed by atoms with Gasteiger partial charge in [-0.3, -0.25) is 4.79 Å². The molecular weight excluding hydrogens is 305 g/mol. The van der Waals surface area contributed by atoms with E-state index < -0.39 is 35.2 Å². The third-order valence-corrected chi connectivity index (χ3v) is 3.28. The third kappa shape index (κ3) is 3.19. The molecule has 6 heteroatoms. The summed E-state index contributed by atoms with van der Waals surface area (Å²) >= 11 is 5.79. The van der Waals surface area contributed by atoms with Crippen LogP contribution in [0.3, 0.4) is 0 Å². The number of carbonyl (C=O) groups is 1. The summed E-state index contributed by atoms with van der Waals surface area (Å²) in [5, 5.41) is 0.0256. The highest BCUT2D eigenvalue weighted by atomic mass is 35.5. The molecule has 0 bridgehead atoms. The Bertz CT molecular complexity index is 658. The van der Waals surface area contributed by atoms with Crippen molar-refractivity contribution in [2.75, 3.05) is 7.11 Å². The van der Waals surface area contributed by atoms with E-state index in [1.165, 1.54) is 19.2 Å². The number of rotatable bonds is 4. The number of hydrogen-bond donors (Lipinski definition) is 0. The van der Waals surface area contributed by atoms with Crippen molar-refractivity contribution < 1.29 is 22.7 Å². The highest BCUT2D eigenvalue weighted by Crippen LogP contribution is 2.25. The molecule has 0 amide bonds. The van der Waals surface area contributed by atoms with Crippen molar-refractivity contribution in [3.05, 3.63) is 63.9 Å². The zero-order valence-electron chi connectivity index (χ0n) is 10.9. The topological polar surface area (TPSA) is 26.3 Å². The predicted octanol–water partition coefficient (Wildman–Crippen LogP) is 4.19. The van der Waals surface area contributed by atoms with Gasteiger partial charge in [0.25, 0.3) is 0 Å². The summed E-state index contributed by atoms with van der Waals surface area (Å²) in [7, 11) is 1.24. The maximum absolute atomic E-state index is 13.8. The van der Waals surface area contributed by atoms with E-state index in [1.54, 1.807) is 0 Å². The minimum absolute atomic E-state index is 0.0256. The largest absolute Gasteiger partial charge is 0.497 e. The van der Waals surface area contributed by atoms with Crippen LogP contribution >= 0.6 is 11.6 Å². The second-order valence-electron chi connectivity index (χ2n) is 4.27. The molecule has 21 heavy (non-hydrogen) atoms. The fourth-order valence-corrected chi connectivity index (χ4v) is 2.11. The van der Waals surface area contributed by atoms with Gasteiger partial charge in [-0.1, -0.05) is 17.7 Å². The molecule has 0 aliphatic heterocycles. The second-order valence-corrected chi connectivity index (χ2v) is 4.67. The number of ketones is 1. The minimum atomic E-state index is -1.07. The summed E-state index contributed by atoms with van der Waals surface area (Å²) < 4.78 is 45.9. The van der Waals surface area contributed by atoms with Crippen LogP contribution in [0, 0.1) is 17.5 Å². The molecule has 0 spiro atoms. The molecule has 0 atom stereocenters. The number of carbonyl (C=O) groups excluding carboxylic acids is 1. The summed E-state index contributed by atoms with van der Waals surface area (Å²) in [6.45, 7) is 0. The number of halogens is 4. The molecule has 0 heterocycles. The van der Waals surface area contributed by atoms with Crippen LogP contribution < -0.4 is 4.74 Å². The normalized spacial score (nSPS) is 10.5. The Morgan fingerprint density at radius 3 is 2.29 bits per heavy atom. The maximum Gasteiger partial charge on any atom is 0.173 e. The van der Waals surface area contributed by atoms with E-state index in [4.69, 9.17) is 16.3 Å². The smallest absolute Gasteiger partial charge is 0.173 e. The van der Waals surface area contributed by atoms with Gasteiger partial charge in [0.15, 0.2) is 5.78 Å². The molecule has 0 N–H and O–H groups in total. The summed E-state index contributed by atoms with van der Waals surface area (Å²) in [5.41, 5.74) is -0.839. The number of ether oxygens (including phenoxy) is 1. The fraction of sp³-hybridized carbons (Fsp3) is 0.133. The van der Waals surface area contributed by atoms with Crippen molar-refractivity contribution in [3.8, 4) is 5.75 Å². The molecule has 0 unspecified atom stereocenters. The molecule has 110 valence electrons. The van der Waals surface area contributed by atoms with E-state index in [0.717, 1.165) is 18.2 Å². The van der Waals surface area contributed by atoms with E-state index in [0.29, 0.717) is 0 Å². The summed E-state index contributed by atoms with van der Waals surface area (Å²) in [6, 6.07) is 5.67. The average molecular weight is 315 g/mol. The first-order valence-electron chi connectivity index (χ1n) is 5.93. The Balaban J connectivity index is 2.38. The number of Topliss-reactive ketones (excluding diaryl/α,β-unsaturated/α-hetero) is 1. The second kappa shape index (κ2) is 6.18. The van der Waals surface area contributed by atoms with E-state index in [1.807, 2.05) is 0 Å². The number of hydrogen-bond acceptors (Lipinski definition) is 2. The van der Waals surface area contributed by atoms with Crippen molar-refractivity contribution in [2.24, 2.45) is 0 Å². The lowest BCUT2D eigenvalue weighted by atomic mass is 10.0. The van der Waals surface area contributed by atoms with Crippen molar-refractivity contribution in [1.82, 2.24) is 0 Å². The third-order valence-electron chi connectivity index (χ3n) is 2.93. The van der Waals surface area contributed by atoms with E-state index in [9.17, 15) is 18.0 Å². The van der Waals surface area contributed by atoms with Crippen molar-refractivity contribution in [3.63, 3.8) is 0 Å². The molecule has 0 fully saturated rings. The van der Waals surface area contributed by atoms with Crippen LogP contribution in [0.1, 0.15) is 15.9 Å². The van der Waals surface area contributed by atoms with Crippen molar-refractivity contribution in [2.45, 2.75) is 6.42 Å². The molecule has 0 saturated heterocycles. The Kier molecular flexibility index (Phi) is 4.53. The molecule has 0 aliphatic carbocycles. The Hall–Kier alpha value is -2.01. The van der Waals surface area contributed by atoms with Crippen molar-refractivity contribution in [1.29, 1.82) is 0 Å². The van der Waals surface area contributed by atoms with Crippen LogP contribution in [0.4, 0.5) is 13.2 Å². The monoisotopic (exact) mass is 314 g/mol. The Morgan fingerprint density at radius 2 is 1.76 bits per heavy atom. The van der Waals surface area contributed by atoms with Gasteiger partial charge in [0.05, 0.1) is 12.7 Å². The lowest BCUT2D eigenvalue weighted by Crippen LogP contribution is -2.11. The molecule has 2 nitrogen and oxygen atoms in total. The zero-order chi connectivity index (χ0) is 15.6. The molecular formula is C15H10ClF3O2. The van der Waals surface area contributed by atoms with Crippen molar-refractivity contribution >= 4 is 17.4 Å². The molecule has 0 saturated carbocycles. The first kappa shape index (κ1) is 15.4. The zero-order valence-corrected chi connectivity index (χ0v) is 11.7. The van der Waals surface area contributed by atoms with Gasteiger partial charge < -0.3 is 4.74 Å².